The van der Waals surface area contributed by atoms with Crippen molar-refractivity contribution in [2.75, 3.05) is 0 Å². The lowest BCUT2D eigenvalue weighted by molar-refractivity contribution is -0.112. The van der Waals surface area contributed by atoms with Crippen molar-refractivity contribution in [3.8, 4) is 0 Å². The molecule has 3 rings (SSSR count). The van der Waals surface area contributed by atoms with Gasteiger partial charge in [-0.3, -0.25) is 4.79 Å². The number of alkyl halides is 2. The highest BCUT2D eigenvalue weighted by molar-refractivity contribution is 7.96. The summed E-state index contributed by atoms with van der Waals surface area (Å²) < 4.78 is 28.6. The second kappa shape index (κ2) is 8.72. The van der Waals surface area contributed by atoms with E-state index in [0.29, 0.717) is 11.5 Å². The van der Waals surface area contributed by atoms with Crippen LogP contribution in [-0.2, 0) is 10.2 Å². The zero-order valence-corrected chi connectivity index (χ0v) is 16.7. The van der Waals surface area contributed by atoms with Gasteiger partial charge in [0.25, 0.3) is 6.43 Å². The van der Waals surface area contributed by atoms with Crippen LogP contribution in [0.5, 0.6) is 0 Å². The highest BCUT2D eigenvalue weighted by Crippen LogP contribution is 2.45. The summed E-state index contributed by atoms with van der Waals surface area (Å²) in [5, 5.41) is -0.326. The van der Waals surface area contributed by atoms with Crippen LogP contribution in [0.25, 0.3) is 0 Å². The van der Waals surface area contributed by atoms with Gasteiger partial charge < -0.3 is 0 Å². The maximum Gasteiger partial charge on any atom is 0.255 e. The number of carbonyl (C=O) groups excluding carboxylic acids is 1. The number of hydrogen-bond donors (Lipinski definition) is 1. The summed E-state index contributed by atoms with van der Waals surface area (Å²) in [6, 6.07) is 7.63. The van der Waals surface area contributed by atoms with Crippen LogP contribution in [0.15, 0.2) is 48.6 Å². The fourth-order valence-electron chi connectivity index (χ4n) is 4.67. The van der Waals surface area contributed by atoms with Gasteiger partial charge in [0.05, 0.1) is 11.3 Å². The van der Waals surface area contributed by atoms with Gasteiger partial charge >= 0.3 is 0 Å². The molecule has 0 heterocycles. The molecular formula is C23H28F2OS. The molecule has 0 unspecified atom stereocenters. The topological polar surface area (TPSA) is 17.1 Å². The number of thiol groups is 1. The molecule has 1 saturated carbocycles. The van der Waals surface area contributed by atoms with Crippen molar-refractivity contribution in [2.45, 2.75) is 63.2 Å². The van der Waals surface area contributed by atoms with Gasteiger partial charge in [-0.1, -0.05) is 68.3 Å². The van der Waals surface area contributed by atoms with Crippen LogP contribution < -0.4 is 0 Å². The SMILES string of the molecule is CCCC1CCC(c2ccccc2C2(C(F)F)C=CC(C(=O)S)C=C2)CC1. The molecule has 0 spiro atoms. The molecule has 1 nitrogen and oxygen atoms in total. The van der Waals surface area contributed by atoms with E-state index in [0.717, 1.165) is 24.3 Å². The average Bonchev–Trinajstić information content (AvgIpc) is 2.69. The first-order chi connectivity index (χ1) is 13.0. The molecule has 1 fully saturated rings. The maximum atomic E-state index is 14.3. The van der Waals surface area contributed by atoms with Crippen molar-refractivity contribution in [3.05, 3.63) is 59.7 Å². The molecule has 146 valence electrons. The van der Waals surface area contributed by atoms with E-state index in [1.807, 2.05) is 24.3 Å². The van der Waals surface area contributed by atoms with E-state index < -0.39 is 17.8 Å². The normalized spacial score (nSPS) is 30.6. The Morgan fingerprint density at radius 3 is 2.33 bits per heavy atom. The van der Waals surface area contributed by atoms with Gasteiger partial charge in [-0.2, -0.15) is 0 Å². The molecule has 2 aliphatic carbocycles. The zero-order valence-electron chi connectivity index (χ0n) is 15.8. The highest BCUT2D eigenvalue weighted by atomic mass is 32.1. The number of allylic oxidation sites excluding steroid dienone is 4. The van der Waals surface area contributed by atoms with Gasteiger partial charge in [0, 0.05) is 0 Å². The van der Waals surface area contributed by atoms with E-state index in [2.05, 4.69) is 19.6 Å². The largest absolute Gasteiger partial charge is 0.286 e. The smallest absolute Gasteiger partial charge is 0.255 e. The van der Waals surface area contributed by atoms with Crippen molar-refractivity contribution < 1.29 is 13.6 Å². The lowest BCUT2D eigenvalue weighted by Crippen LogP contribution is -2.34. The van der Waals surface area contributed by atoms with Crippen LogP contribution in [0.1, 0.15) is 62.5 Å². The number of carbonyl (C=O) groups is 1. The standard InChI is InChI=1S/C23H28F2OS/c1-2-5-16-8-10-17(11-9-16)19-6-3-4-7-20(19)23(22(24)25)14-12-18(13-15-23)21(26)27/h3-4,6-7,12-18,22H,2,5,8-11H2,1H3,(H,26,27). The molecule has 27 heavy (non-hydrogen) atoms. The summed E-state index contributed by atoms with van der Waals surface area (Å²) in [6.07, 6.45) is 10.5. The van der Waals surface area contributed by atoms with Crippen molar-refractivity contribution in [1.29, 1.82) is 0 Å². The van der Waals surface area contributed by atoms with Gasteiger partial charge in [-0.25, -0.2) is 8.78 Å². The van der Waals surface area contributed by atoms with Crippen molar-refractivity contribution in [2.24, 2.45) is 11.8 Å². The Morgan fingerprint density at radius 1 is 1.15 bits per heavy atom. The van der Waals surface area contributed by atoms with Crippen molar-refractivity contribution in [1.82, 2.24) is 0 Å². The summed E-state index contributed by atoms with van der Waals surface area (Å²) >= 11 is 3.84. The molecule has 1 aromatic rings. The van der Waals surface area contributed by atoms with Crippen LogP contribution >= 0.6 is 12.6 Å². The highest BCUT2D eigenvalue weighted by Gasteiger charge is 2.41. The fraction of sp³-hybridized carbons (Fsp3) is 0.522. The number of hydrogen-bond acceptors (Lipinski definition) is 1. The first-order valence-corrected chi connectivity index (χ1v) is 10.4. The van der Waals surface area contributed by atoms with Crippen LogP contribution in [-0.4, -0.2) is 11.5 Å². The van der Waals surface area contributed by atoms with Gasteiger partial charge in [0.15, 0.2) is 5.12 Å². The summed E-state index contributed by atoms with van der Waals surface area (Å²) in [7, 11) is 0. The Kier molecular flexibility index (Phi) is 6.56. The molecule has 1 aromatic carbocycles. The molecule has 0 amide bonds. The molecule has 0 aliphatic heterocycles. The van der Waals surface area contributed by atoms with Gasteiger partial charge in [0.1, 0.15) is 0 Å². The van der Waals surface area contributed by atoms with Crippen LogP contribution in [0.2, 0.25) is 0 Å². The quantitative estimate of drug-likeness (QED) is 0.435. The molecule has 0 aromatic heterocycles. The Hall–Kier alpha value is -1.42. The Balaban J connectivity index is 1.92. The van der Waals surface area contributed by atoms with E-state index >= 15 is 0 Å². The van der Waals surface area contributed by atoms with E-state index in [1.54, 1.807) is 12.2 Å². The predicted octanol–water partition coefficient (Wildman–Crippen LogP) is 6.46. The molecule has 0 radical (unpaired) electrons. The fourth-order valence-corrected chi connectivity index (χ4v) is 4.84. The van der Waals surface area contributed by atoms with Crippen molar-refractivity contribution >= 4 is 17.7 Å². The van der Waals surface area contributed by atoms with E-state index in [4.69, 9.17) is 0 Å². The molecule has 0 bridgehead atoms. The van der Waals surface area contributed by atoms with Gasteiger partial charge in [-0.15, -0.1) is 12.6 Å². The van der Waals surface area contributed by atoms with Crippen LogP contribution in [0.3, 0.4) is 0 Å². The number of benzene rings is 1. The Morgan fingerprint density at radius 2 is 1.78 bits per heavy atom. The molecular weight excluding hydrogens is 362 g/mol. The molecule has 2 aliphatic rings. The van der Waals surface area contributed by atoms with Crippen LogP contribution in [0.4, 0.5) is 8.78 Å². The minimum atomic E-state index is -2.57. The third-order valence-corrected chi connectivity index (χ3v) is 6.51. The van der Waals surface area contributed by atoms with E-state index in [-0.39, 0.29) is 5.12 Å². The summed E-state index contributed by atoms with van der Waals surface area (Å²) in [4.78, 5) is 11.5. The Bertz CT molecular complexity index is 703. The summed E-state index contributed by atoms with van der Waals surface area (Å²) in [5.74, 6) is 0.576. The van der Waals surface area contributed by atoms with Crippen LogP contribution in [0, 0.1) is 11.8 Å². The first-order valence-electron chi connectivity index (χ1n) is 9.97. The predicted molar refractivity (Wildman–Crippen MR) is 109 cm³/mol. The van der Waals surface area contributed by atoms with E-state index in [9.17, 15) is 13.6 Å². The first kappa shape index (κ1) is 20.3. The third kappa shape index (κ3) is 4.21. The molecule has 4 heteroatoms. The average molecular weight is 391 g/mol. The summed E-state index contributed by atoms with van der Waals surface area (Å²) in [5.41, 5.74) is 0.255. The molecule has 0 saturated heterocycles. The minimum Gasteiger partial charge on any atom is -0.286 e. The maximum absolute atomic E-state index is 14.3. The molecule has 0 atom stereocenters. The van der Waals surface area contributed by atoms with Gasteiger partial charge in [0.2, 0.25) is 0 Å². The second-order valence-corrected chi connectivity index (χ2v) is 8.35. The molecule has 0 N–H and O–H groups in total. The summed E-state index contributed by atoms with van der Waals surface area (Å²) in [6.45, 7) is 2.22. The lowest BCUT2D eigenvalue weighted by atomic mass is 9.69. The number of halogens is 2. The van der Waals surface area contributed by atoms with Crippen molar-refractivity contribution in [3.63, 3.8) is 0 Å². The van der Waals surface area contributed by atoms with E-state index in [1.165, 1.54) is 37.8 Å². The second-order valence-electron chi connectivity index (χ2n) is 7.91. The van der Waals surface area contributed by atoms with Gasteiger partial charge in [-0.05, 0) is 48.6 Å². The third-order valence-electron chi connectivity index (χ3n) is 6.22. The lowest BCUT2D eigenvalue weighted by Gasteiger charge is -2.36. The zero-order chi connectivity index (χ0) is 19.4. The number of rotatable bonds is 6. The monoisotopic (exact) mass is 390 g/mol. The minimum absolute atomic E-state index is 0.326. The Labute approximate surface area is 166 Å².